The number of rotatable bonds is 3. The first-order valence-corrected chi connectivity index (χ1v) is 6.11. The number of carbonyl (C=O) groups excluding carboxylic acids is 1. The number of amides is 1. The topological polar surface area (TPSA) is 20.3 Å². The highest BCUT2D eigenvalue weighted by Gasteiger charge is 2.19. The highest BCUT2D eigenvalue weighted by atomic mass is 16.1. The Morgan fingerprint density at radius 3 is 2.38 bits per heavy atom. The fourth-order valence-corrected chi connectivity index (χ4v) is 2.36. The van der Waals surface area contributed by atoms with E-state index in [4.69, 9.17) is 0 Å². The molecule has 0 saturated carbocycles. The monoisotopic (exact) mass is 217 g/mol. The summed E-state index contributed by atoms with van der Waals surface area (Å²) in [7, 11) is 0. The summed E-state index contributed by atoms with van der Waals surface area (Å²) in [5.74, 6) is 0.641. The smallest absolute Gasteiger partial charge is 0.209 e. The van der Waals surface area contributed by atoms with Crippen LogP contribution in [-0.4, -0.2) is 24.4 Å². The fraction of sp³-hybridized carbons (Fsp3) is 0.500. The highest BCUT2D eigenvalue weighted by molar-refractivity contribution is 5.47. The van der Waals surface area contributed by atoms with Gasteiger partial charge in [-0.15, -0.1) is 0 Å². The fourth-order valence-electron chi connectivity index (χ4n) is 2.36. The maximum Gasteiger partial charge on any atom is 0.209 e. The first-order valence-electron chi connectivity index (χ1n) is 6.11. The van der Waals surface area contributed by atoms with Gasteiger partial charge < -0.3 is 4.90 Å². The van der Waals surface area contributed by atoms with Gasteiger partial charge in [0.2, 0.25) is 6.41 Å². The molecule has 1 saturated heterocycles. The molecule has 1 aromatic rings. The first-order chi connectivity index (χ1) is 7.83. The lowest BCUT2D eigenvalue weighted by Crippen LogP contribution is -2.31. The van der Waals surface area contributed by atoms with Crippen molar-refractivity contribution >= 4 is 6.41 Å². The van der Waals surface area contributed by atoms with Crippen LogP contribution in [0, 0.1) is 0 Å². The maximum atomic E-state index is 10.6. The lowest BCUT2D eigenvalue weighted by atomic mass is 9.89. The van der Waals surface area contributed by atoms with Crippen molar-refractivity contribution in [3.8, 4) is 0 Å². The summed E-state index contributed by atoms with van der Waals surface area (Å²) in [5, 5.41) is 0. The Kier molecular flexibility index (Phi) is 3.60. The third-order valence-corrected chi connectivity index (χ3v) is 3.54. The van der Waals surface area contributed by atoms with E-state index in [1.807, 2.05) is 4.90 Å². The molecule has 0 bridgehead atoms. The van der Waals surface area contributed by atoms with Crippen LogP contribution in [0.1, 0.15) is 36.8 Å². The number of nitrogens with zero attached hydrogens (tertiary/aromatic N) is 1. The summed E-state index contributed by atoms with van der Waals surface area (Å²) < 4.78 is 0. The van der Waals surface area contributed by atoms with Crippen LogP contribution in [0.4, 0.5) is 0 Å². The van der Waals surface area contributed by atoms with E-state index in [2.05, 4.69) is 31.2 Å². The number of likely N-dealkylation sites (tertiary alicyclic amines) is 1. The predicted molar refractivity (Wildman–Crippen MR) is 65.4 cm³/mol. The molecule has 1 aromatic carbocycles. The van der Waals surface area contributed by atoms with Gasteiger partial charge in [-0.3, -0.25) is 4.79 Å². The molecule has 0 radical (unpaired) electrons. The molecule has 2 nitrogen and oxygen atoms in total. The Morgan fingerprint density at radius 2 is 1.88 bits per heavy atom. The van der Waals surface area contributed by atoms with Gasteiger partial charge in [0, 0.05) is 13.1 Å². The summed E-state index contributed by atoms with van der Waals surface area (Å²) in [6.45, 7) is 3.99. The van der Waals surface area contributed by atoms with Crippen LogP contribution in [0.3, 0.4) is 0 Å². The third kappa shape index (κ3) is 2.43. The average Bonchev–Trinajstić information content (AvgIpc) is 2.39. The molecule has 1 fully saturated rings. The van der Waals surface area contributed by atoms with Gasteiger partial charge in [0.05, 0.1) is 0 Å². The SMILES string of the molecule is CCc1ccc(C2CCN(C=O)CC2)cc1. The molecule has 2 rings (SSSR count). The zero-order valence-electron chi connectivity index (χ0n) is 9.86. The Bertz CT molecular complexity index is 336. The van der Waals surface area contributed by atoms with Crippen LogP contribution in [0.2, 0.25) is 0 Å². The van der Waals surface area contributed by atoms with Crippen LogP contribution in [0.15, 0.2) is 24.3 Å². The van der Waals surface area contributed by atoms with E-state index in [1.54, 1.807) is 0 Å². The van der Waals surface area contributed by atoms with Crippen molar-refractivity contribution < 1.29 is 4.79 Å². The van der Waals surface area contributed by atoms with Gasteiger partial charge in [-0.25, -0.2) is 0 Å². The lowest BCUT2D eigenvalue weighted by molar-refractivity contribution is -0.119. The predicted octanol–water partition coefficient (Wildman–Crippen LogP) is 2.58. The summed E-state index contributed by atoms with van der Waals surface area (Å²) in [6.07, 6.45) is 4.27. The van der Waals surface area contributed by atoms with Gasteiger partial charge in [0.25, 0.3) is 0 Å². The van der Waals surface area contributed by atoms with Crippen molar-refractivity contribution in [2.75, 3.05) is 13.1 Å². The highest BCUT2D eigenvalue weighted by Crippen LogP contribution is 2.27. The molecule has 0 N–H and O–H groups in total. The third-order valence-electron chi connectivity index (χ3n) is 3.54. The van der Waals surface area contributed by atoms with Crippen LogP contribution in [0.5, 0.6) is 0 Å². The average molecular weight is 217 g/mol. The minimum atomic E-state index is 0.641. The number of hydrogen-bond acceptors (Lipinski definition) is 1. The van der Waals surface area contributed by atoms with E-state index in [9.17, 15) is 4.79 Å². The molecule has 1 heterocycles. The molecule has 1 aliphatic heterocycles. The van der Waals surface area contributed by atoms with Crippen LogP contribution in [-0.2, 0) is 11.2 Å². The number of hydrogen-bond donors (Lipinski definition) is 0. The molecule has 0 aliphatic carbocycles. The summed E-state index contributed by atoms with van der Waals surface area (Å²) in [6, 6.07) is 8.95. The molecule has 1 amide bonds. The molecule has 2 heteroatoms. The van der Waals surface area contributed by atoms with E-state index < -0.39 is 0 Å². The summed E-state index contributed by atoms with van der Waals surface area (Å²) in [5.41, 5.74) is 2.83. The van der Waals surface area contributed by atoms with E-state index >= 15 is 0 Å². The molecule has 0 aromatic heterocycles. The molecule has 0 atom stereocenters. The number of aryl methyl sites for hydroxylation is 1. The van der Waals surface area contributed by atoms with Gasteiger partial charge in [-0.2, -0.15) is 0 Å². The Morgan fingerprint density at radius 1 is 1.25 bits per heavy atom. The van der Waals surface area contributed by atoms with E-state index in [0.29, 0.717) is 5.92 Å². The van der Waals surface area contributed by atoms with Gasteiger partial charge >= 0.3 is 0 Å². The van der Waals surface area contributed by atoms with Gasteiger partial charge in [0.1, 0.15) is 0 Å². The van der Waals surface area contributed by atoms with Crippen molar-refractivity contribution in [3.05, 3.63) is 35.4 Å². The minimum Gasteiger partial charge on any atom is -0.345 e. The number of carbonyl (C=O) groups is 1. The number of benzene rings is 1. The standard InChI is InChI=1S/C14H19NO/c1-2-12-3-5-13(6-4-12)14-7-9-15(11-16)10-8-14/h3-6,11,14H,2,7-10H2,1H3. The minimum absolute atomic E-state index is 0.641. The van der Waals surface area contributed by atoms with E-state index in [0.717, 1.165) is 38.8 Å². The second-order valence-electron chi connectivity index (χ2n) is 4.51. The normalized spacial score (nSPS) is 17.4. The Labute approximate surface area is 97.3 Å². The molecule has 0 unspecified atom stereocenters. The molecule has 16 heavy (non-hydrogen) atoms. The van der Waals surface area contributed by atoms with Crippen LogP contribution < -0.4 is 0 Å². The quantitative estimate of drug-likeness (QED) is 0.713. The van der Waals surface area contributed by atoms with Gasteiger partial charge in [-0.1, -0.05) is 31.2 Å². The van der Waals surface area contributed by atoms with Crippen molar-refractivity contribution in [1.82, 2.24) is 4.90 Å². The van der Waals surface area contributed by atoms with Crippen LogP contribution in [0.25, 0.3) is 0 Å². The Balaban J connectivity index is 1.99. The van der Waals surface area contributed by atoms with E-state index in [-0.39, 0.29) is 0 Å². The molecular formula is C14H19NO. The second-order valence-corrected chi connectivity index (χ2v) is 4.51. The summed E-state index contributed by atoms with van der Waals surface area (Å²) in [4.78, 5) is 12.5. The zero-order valence-corrected chi connectivity index (χ0v) is 9.86. The van der Waals surface area contributed by atoms with Crippen molar-refractivity contribution in [2.45, 2.75) is 32.1 Å². The largest absolute Gasteiger partial charge is 0.345 e. The van der Waals surface area contributed by atoms with Gasteiger partial charge in [-0.05, 0) is 36.3 Å². The number of piperidine rings is 1. The van der Waals surface area contributed by atoms with Crippen molar-refractivity contribution in [3.63, 3.8) is 0 Å². The molecular weight excluding hydrogens is 198 g/mol. The molecule has 0 spiro atoms. The second kappa shape index (κ2) is 5.15. The van der Waals surface area contributed by atoms with Crippen molar-refractivity contribution in [2.24, 2.45) is 0 Å². The first kappa shape index (κ1) is 11.2. The van der Waals surface area contributed by atoms with Crippen LogP contribution >= 0.6 is 0 Å². The zero-order chi connectivity index (χ0) is 11.4. The Hall–Kier alpha value is -1.31. The lowest BCUT2D eigenvalue weighted by Gasteiger charge is -2.29. The van der Waals surface area contributed by atoms with Gasteiger partial charge in [0.15, 0.2) is 0 Å². The molecule has 86 valence electrons. The summed E-state index contributed by atoms with van der Waals surface area (Å²) >= 11 is 0. The van der Waals surface area contributed by atoms with E-state index in [1.165, 1.54) is 11.1 Å². The molecule has 1 aliphatic rings. The van der Waals surface area contributed by atoms with Crippen molar-refractivity contribution in [1.29, 1.82) is 0 Å². The maximum absolute atomic E-state index is 10.6.